The predicted molar refractivity (Wildman–Crippen MR) is 75.3 cm³/mol. The first-order valence-electron chi connectivity index (χ1n) is 6.26. The monoisotopic (exact) mass is 268 g/mol. The summed E-state index contributed by atoms with van der Waals surface area (Å²) in [5, 5.41) is 0.673. The summed E-state index contributed by atoms with van der Waals surface area (Å²) < 4.78 is 5.83. The van der Waals surface area contributed by atoms with Gasteiger partial charge in [0, 0.05) is 18.6 Å². The van der Waals surface area contributed by atoms with Gasteiger partial charge in [0.2, 0.25) is 0 Å². The lowest BCUT2D eigenvalue weighted by atomic mass is 9.96. The van der Waals surface area contributed by atoms with Crippen LogP contribution in [0.4, 0.5) is 0 Å². The lowest BCUT2D eigenvalue weighted by Crippen LogP contribution is -2.51. The number of nitrogens with two attached hydrogens (primary N) is 1. The quantitative estimate of drug-likeness (QED) is 0.911. The van der Waals surface area contributed by atoms with Crippen molar-refractivity contribution in [1.82, 2.24) is 4.90 Å². The third-order valence-electron chi connectivity index (χ3n) is 2.98. The van der Waals surface area contributed by atoms with Crippen molar-refractivity contribution in [2.75, 3.05) is 20.1 Å². The smallest absolute Gasteiger partial charge is 0.138 e. The Balaban J connectivity index is 2.01. The van der Waals surface area contributed by atoms with Gasteiger partial charge in [-0.1, -0.05) is 17.7 Å². The van der Waals surface area contributed by atoms with E-state index < -0.39 is 0 Å². The molecule has 0 atom stereocenters. The molecule has 1 saturated heterocycles. The standard InChI is InChI=1S/C14H21ClN2O/c1-14(2,16)7-10-4-5-13(12(15)6-10)18-11-8-17(3)9-11/h4-6,11H,7-9,16H2,1-3H3. The first-order valence-corrected chi connectivity index (χ1v) is 6.64. The summed E-state index contributed by atoms with van der Waals surface area (Å²) >= 11 is 6.24. The van der Waals surface area contributed by atoms with Crippen LogP contribution in [0.3, 0.4) is 0 Å². The largest absolute Gasteiger partial charge is 0.486 e. The summed E-state index contributed by atoms with van der Waals surface area (Å²) in [5.74, 6) is 0.772. The van der Waals surface area contributed by atoms with Gasteiger partial charge in [-0.15, -0.1) is 0 Å². The van der Waals surface area contributed by atoms with E-state index in [9.17, 15) is 0 Å². The van der Waals surface area contributed by atoms with Gasteiger partial charge in [0.05, 0.1) is 5.02 Å². The lowest BCUT2D eigenvalue weighted by Gasteiger charge is -2.36. The number of benzene rings is 1. The molecule has 0 spiro atoms. The zero-order chi connectivity index (χ0) is 13.3. The number of likely N-dealkylation sites (N-methyl/N-ethyl adjacent to an activating group) is 1. The normalized spacial score (nSPS) is 17.6. The highest BCUT2D eigenvalue weighted by Crippen LogP contribution is 2.28. The fourth-order valence-electron chi connectivity index (χ4n) is 2.17. The van der Waals surface area contributed by atoms with Gasteiger partial charge in [-0.05, 0) is 45.0 Å². The molecule has 0 unspecified atom stereocenters. The van der Waals surface area contributed by atoms with E-state index in [0.29, 0.717) is 5.02 Å². The van der Waals surface area contributed by atoms with Crippen LogP contribution in [0.1, 0.15) is 19.4 Å². The van der Waals surface area contributed by atoms with E-state index in [1.54, 1.807) is 0 Å². The van der Waals surface area contributed by atoms with Crippen LogP contribution >= 0.6 is 11.6 Å². The zero-order valence-electron chi connectivity index (χ0n) is 11.2. The van der Waals surface area contributed by atoms with Gasteiger partial charge in [-0.3, -0.25) is 4.90 Å². The Morgan fingerprint density at radius 2 is 2.11 bits per heavy atom. The van der Waals surface area contributed by atoms with Gasteiger partial charge in [-0.2, -0.15) is 0 Å². The van der Waals surface area contributed by atoms with Crippen molar-refractivity contribution >= 4 is 11.6 Å². The lowest BCUT2D eigenvalue weighted by molar-refractivity contribution is 0.0389. The Bertz CT molecular complexity index is 422. The van der Waals surface area contributed by atoms with E-state index in [-0.39, 0.29) is 11.6 Å². The topological polar surface area (TPSA) is 38.5 Å². The first kappa shape index (κ1) is 13.7. The maximum atomic E-state index is 6.24. The van der Waals surface area contributed by atoms with Crippen molar-refractivity contribution in [1.29, 1.82) is 0 Å². The number of hydrogen-bond donors (Lipinski definition) is 1. The molecular formula is C14H21ClN2O. The number of hydrogen-bond acceptors (Lipinski definition) is 3. The highest BCUT2D eigenvalue weighted by molar-refractivity contribution is 6.32. The molecule has 0 bridgehead atoms. The van der Waals surface area contributed by atoms with E-state index in [1.807, 2.05) is 32.0 Å². The zero-order valence-corrected chi connectivity index (χ0v) is 12.0. The van der Waals surface area contributed by atoms with Crippen molar-refractivity contribution in [3.05, 3.63) is 28.8 Å². The summed E-state index contributed by atoms with van der Waals surface area (Å²) in [6.07, 6.45) is 1.07. The van der Waals surface area contributed by atoms with E-state index >= 15 is 0 Å². The van der Waals surface area contributed by atoms with Crippen molar-refractivity contribution in [3.8, 4) is 5.75 Å². The van der Waals surface area contributed by atoms with Crippen molar-refractivity contribution in [3.63, 3.8) is 0 Å². The summed E-state index contributed by atoms with van der Waals surface area (Å²) in [5.41, 5.74) is 6.93. The summed E-state index contributed by atoms with van der Waals surface area (Å²) in [7, 11) is 2.08. The highest BCUT2D eigenvalue weighted by Gasteiger charge is 2.25. The molecule has 1 aromatic carbocycles. The SMILES string of the molecule is CN1CC(Oc2ccc(CC(C)(C)N)cc2Cl)C1. The number of rotatable bonds is 4. The average molecular weight is 269 g/mol. The molecule has 100 valence electrons. The molecule has 0 amide bonds. The molecule has 0 saturated carbocycles. The maximum Gasteiger partial charge on any atom is 0.138 e. The first-order chi connectivity index (χ1) is 8.33. The van der Waals surface area contributed by atoms with Crippen LogP contribution in [0.25, 0.3) is 0 Å². The van der Waals surface area contributed by atoms with Crippen LogP contribution in [0.5, 0.6) is 5.75 Å². The molecule has 1 heterocycles. The van der Waals surface area contributed by atoms with Gasteiger partial charge >= 0.3 is 0 Å². The van der Waals surface area contributed by atoms with Gasteiger partial charge in [0.25, 0.3) is 0 Å². The maximum absolute atomic E-state index is 6.24. The van der Waals surface area contributed by atoms with Crippen molar-refractivity contribution in [2.45, 2.75) is 31.9 Å². The fourth-order valence-corrected chi connectivity index (χ4v) is 2.42. The van der Waals surface area contributed by atoms with Crippen LogP contribution < -0.4 is 10.5 Å². The third kappa shape index (κ3) is 3.61. The minimum Gasteiger partial charge on any atom is -0.486 e. The second-order valence-corrected chi connectivity index (χ2v) is 6.30. The van der Waals surface area contributed by atoms with Gasteiger partial charge in [0.1, 0.15) is 11.9 Å². The number of halogens is 1. The second-order valence-electron chi connectivity index (χ2n) is 5.89. The predicted octanol–water partition coefficient (Wildman–Crippen LogP) is 2.31. The van der Waals surface area contributed by atoms with Gasteiger partial charge in [-0.25, -0.2) is 0 Å². The molecule has 2 rings (SSSR count). The third-order valence-corrected chi connectivity index (χ3v) is 3.28. The molecular weight excluding hydrogens is 248 g/mol. The molecule has 2 N–H and O–H groups in total. The van der Waals surface area contributed by atoms with Crippen LogP contribution in [0.2, 0.25) is 5.02 Å². The second kappa shape index (κ2) is 5.08. The van der Waals surface area contributed by atoms with E-state index in [0.717, 1.165) is 30.8 Å². The summed E-state index contributed by atoms with van der Waals surface area (Å²) in [6.45, 7) is 5.95. The minimum atomic E-state index is -0.220. The van der Waals surface area contributed by atoms with Crippen LogP contribution in [0, 0.1) is 0 Å². The van der Waals surface area contributed by atoms with Gasteiger partial charge < -0.3 is 10.5 Å². The van der Waals surface area contributed by atoms with Crippen LogP contribution in [-0.2, 0) is 6.42 Å². The van der Waals surface area contributed by atoms with Crippen molar-refractivity contribution in [2.24, 2.45) is 5.73 Å². The number of ether oxygens (including phenoxy) is 1. The summed E-state index contributed by atoms with van der Waals surface area (Å²) in [4.78, 5) is 2.21. The Kier molecular flexibility index (Phi) is 3.85. The molecule has 1 aliphatic heterocycles. The Labute approximate surface area is 114 Å². The van der Waals surface area contributed by atoms with E-state index in [2.05, 4.69) is 11.9 Å². The molecule has 3 nitrogen and oxygen atoms in total. The average Bonchev–Trinajstić information content (AvgIpc) is 2.17. The molecule has 0 aromatic heterocycles. The highest BCUT2D eigenvalue weighted by atomic mass is 35.5. The summed E-state index contributed by atoms with van der Waals surface area (Å²) in [6, 6.07) is 5.94. The molecule has 0 radical (unpaired) electrons. The van der Waals surface area contributed by atoms with Gasteiger partial charge in [0.15, 0.2) is 0 Å². The molecule has 4 heteroatoms. The Hall–Kier alpha value is -0.770. The molecule has 1 aliphatic rings. The van der Waals surface area contributed by atoms with Crippen LogP contribution in [-0.4, -0.2) is 36.7 Å². The Morgan fingerprint density at radius 3 is 2.61 bits per heavy atom. The Morgan fingerprint density at radius 1 is 1.44 bits per heavy atom. The molecule has 1 aromatic rings. The number of likely N-dealkylation sites (tertiary alicyclic amines) is 1. The minimum absolute atomic E-state index is 0.220. The molecule has 1 fully saturated rings. The fraction of sp³-hybridized carbons (Fsp3) is 0.571. The molecule has 18 heavy (non-hydrogen) atoms. The van der Waals surface area contributed by atoms with Crippen molar-refractivity contribution < 1.29 is 4.74 Å². The van der Waals surface area contributed by atoms with Crippen LogP contribution in [0.15, 0.2) is 18.2 Å². The van der Waals surface area contributed by atoms with E-state index in [1.165, 1.54) is 0 Å². The molecule has 0 aliphatic carbocycles. The van der Waals surface area contributed by atoms with E-state index in [4.69, 9.17) is 22.1 Å². The number of nitrogens with zero attached hydrogens (tertiary/aromatic N) is 1.